The number of piperidine rings is 1. The lowest BCUT2D eigenvalue weighted by Gasteiger charge is -2.31. The van der Waals surface area contributed by atoms with Gasteiger partial charge in [0.05, 0.1) is 11.8 Å². The van der Waals surface area contributed by atoms with E-state index in [1.54, 1.807) is 6.20 Å². The molecule has 4 heterocycles. The average Bonchev–Trinajstić information content (AvgIpc) is 2.67. The fourth-order valence-corrected chi connectivity index (χ4v) is 3.30. The highest BCUT2D eigenvalue weighted by molar-refractivity contribution is 5.94. The summed E-state index contributed by atoms with van der Waals surface area (Å²) in [6.07, 6.45) is 6.30. The summed E-state index contributed by atoms with van der Waals surface area (Å²) in [7, 11) is 0. The van der Waals surface area contributed by atoms with Crippen molar-refractivity contribution in [3.63, 3.8) is 0 Å². The van der Waals surface area contributed by atoms with E-state index < -0.39 is 0 Å². The molecule has 6 nitrogen and oxygen atoms in total. The van der Waals surface area contributed by atoms with Gasteiger partial charge in [-0.1, -0.05) is 0 Å². The number of nitrogens with zero attached hydrogens (tertiary/aromatic N) is 4. The molecule has 0 radical (unpaired) electrons. The minimum atomic E-state index is -0.0880. The first-order chi connectivity index (χ1) is 12.2. The number of hydrogen-bond donors (Lipinski definition) is 1. The number of aromatic nitrogens is 3. The number of carbonyl (C=O) groups is 1. The van der Waals surface area contributed by atoms with Gasteiger partial charge in [0.2, 0.25) is 0 Å². The predicted octanol–water partition coefficient (Wildman–Crippen LogP) is 2.75. The SMILES string of the molecule is O=C(c1cncc(O)c1)N1CCC(c2ccc3cccnc3n2)CC1. The number of fused-ring (bicyclic) bond motifs is 1. The summed E-state index contributed by atoms with van der Waals surface area (Å²) in [5.41, 5.74) is 2.23. The van der Waals surface area contributed by atoms with Crippen molar-refractivity contribution >= 4 is 16.9 Å². The van der Waals surface area contributed by atoms with Gasteiger partial charge in [-0.2, -0.15) is 0 Å². The van der Waals surface area contributed by atoms with Crippen molar-refractivity contribution in [2.75, 3.05) is 13.1 Å². The van der Waals surface area contributed by atoms with Crippen molar-refractivity contribution in [3.8, 4) is 5.75 Å². The van der Waals surface area contributed by atoms with Gasteiger partial charge >= 0.3 is 0 Å². The number of pyridine rings is 3. The Morgan fingerprint density at radius 2 is 2.00 bits per heavy atom. The van der Waals surface area contributed by atoms with E-state index in [1.165, 1.54) is 18.5 Å². The van der Waals surface area contributed by atoms with Crippen molar-refractivity contribution in [2.45, 2.75) is 18.8 Å². The Morgan fingerprint density at radius 1 is 1.16 bits per heavy atom. The Morgan fingerprint density at radius 3 is 2.80 bits per heavy atom. The molecule has 0 aromatic carbocycles. The summed E-state index contributed by atoms with van der Waals surface area (Å²) < 4.78 is 0. The Hall–Kier alpha value is -3.02. The van der Waals surface area contributed by atoms with Gasteiger partial charge in [0, 0.05) is 42.5 Å². The van der Waals surface area contributed by atoms with Crippen molar-refractivity contribution < 1.29 is 9.90 Å². The molecule has 1 amide bonds. The van der Waals surface area contributed by atoms with Crippen LogP contribution in [-0.2, 0) is 0 Å². The Bertz CT molecular complexity index is 920. The summed E-state index contributed by atoms with van der Waals surface area (Å²) >= 11 is 0. The molecule has 1 N–H and O–H groups in total. The molecule has 25 heavy (non-hydrogen) atoms. The van der Waals surface area contributed by atoms with Gasteiger partial charge in [-0.05, 0) is 43.2 Å². The molecule has 1 aliphatic rings. The van der Waals surface area contributed by atoms with Crippen LogP contribution in [0.3, 0.4) is 0 Å². The lowest BCUT2D eigenvalue weighted by Crippen LogP contribution is -2.38. The van der Waals surface area contributed by atoms with Crippen LogP contribution in [0.25, 0.3) is 11.0 Å². The van der Waals surface area contributed by atoms with Crippen molar-refractivity contribution in [2.24, 2.45) is 0 Å². The Kier molecular flexibility index (Phi) is 4.01. The minimum Gasteiger partial charge on any atom is -0.506 e. The second kappa shape index (κ2) is 6.47. The number of carbonyl (C=O) groups excluding carboxylic acids is 1. The van der Waals surface area contributed by atoms with Crippen LogP contribution in [0.1, 0.15) is 34.8 Å². The lowest BCUT2D eigenvalue weighted by molar-refractivity contribution is 0.0711. The fourth-order valence-electron chi connectivity index (χ4n) is 3.30. The molecule has 0 saturated carbocycles. The molecular weight excluding hydrogens is 316 g/mol. The van der Waals surface area contributed by atoms with E-state index >= 15 is 0 Å². The van der Waals surface area contributed by atoms with Gasteiger partial charge in [0.25, 0.3) is 5.91 Å². The monoisotopic (exact) mass is 334 g/mol. The van der Waals surface area contributed by atoms with Crippen LogP contribution >= 0.6 is 0 Å². The van der Waals surface area contributed by atoms with Gasteiger partial charge in [0.15, 0.2) is 5.65 Å². The molecule has 126 valence electrons. The number of rotatable bonds is 2. The van der Waals surface area contributed by atoms with E-state index in [-0.39, 0.29) is 11.7 Å². The van der Waals surface area contributed by atoms with Gasteiger partial charge in [-0.25, -0.2) is 9.97 Å². The Labute approximate surface area is 145 Å². The normalized spacial score (nSPS) is 15.4. The summed E-state index contributed by atoms with van der Waals surface area (Å²) in [4.78, 5) is 27.2. The molecule has 1 aliphatic heterocycles. The van der Waals surface area contributed by atoms with Crippen LogP contribution in [0.5, 0.6) is 5.75 Å². The first kappa shape index (κ1) is 15.5. The zero-order valence-corrected chi connectivity index (χ0v) is 13.7. The highest BCUT2D eigenvalue weighted by Crippen LogP contribution is 2.28. The predicted molar refractivity (Wildman–Crippen MR) is 93.3 cm³/mol. The molecule has 1 fully saturated rings. The van der Waals surface area contributed by atoms with E-state index in [1.807, 2.05) is 17.0 Å². The standard InChI is InChI=1S/C19H18N4O2/c24-16-10-15(11-20-12-16)19(25)23-8-5-13(6-9-23)17-4-3-14-2-1-7-21-18(14)22-17/h1-4,7,10-13,24H,5-6,8-9H2. The Balaban J connectivity index is 1.46. The van der Waals surface area contributed by atoms with E-state index in [0.717, 1.165) is 29.6 Å². The van der Waals surface area contributed by atoms with Gasteiger partial charge in [0.1, 0.15) is 5.75 Å². The lowest BCUT2D eigenvalue weighted by atomic mass is 9.92. The maximum absolute atomic E-state index is 12.5. The summed E-state index contributed by atoms with van der Waals surface area (Å²) in [6, 6.07) is 9.48. The second-order valence-electron chi connectivity index (χ2n) is 6.28. The molecule has 0 atom stereocenters. The van der Waals surface area contributed by atoms with Crippen molar-refractivity contribution in [1.29, 1.82) is 0 Å². The second-order valence-corrected chi connectivity index (χ2v) is 6.28. The largest absolute Gasteiger partial charge is 0.506 e. The average molecular weight is 334 g/mol. The minimum absolute atomic E-state index is 0.00796. The molecule has 0 aliphatic carbocycles. The summed E-state index contributed by atoms with van der Waals surface area (Å²) in [5.74, 6) is 0.251. The fraction of sp³-hybridized carbons (Fsp3) is 0.263. The quantitative estimate of drug-likeness (QED) is 0.779. The molecule has 0 unspecified atom stereocenters. The zero-order chi connectivity index (χ0) is 17.2. The van der Waals surface area contributed by atoms with E-state index in [2.05, 4.69) is 27.1 Å². The maximum Gasteiger partial charge on any atom is 0.255 e. The molecule has 3 aromatic rings. The van der Waals surface area contributed by atoms with E-state index in [0.29, 0.717) is 24.6 Å². The first-order valence-electron chi connectivity index (χ1n) is 8.36. The summed E-state index contributed by atoms with van der Waals surface area (Å²) in [5, 5.41) is 10.5. The van der Waals surface area contributed by atoms with Crippen LogP contribution in [0, 0.1) is 0 Å². The zero-order valence-electron chi connectivity index (χ0n) is 13.7. The molecule has 6 heteroatoms. The third-order valence-corrected chi connectivity index (χ3v) is 4.66. The van der Waals surface area contributed by atoms with Gasteiger partial charge in [-0.3, -0.25) is 9.78 Å². The number of amides is 1. The highest BCUT2D eigenvalue weighted by atomic mass is 16.3. The third kappa shape index (κ3) is 3.15. The summed E-state index contributed by atoms with van der Waals surface area (Å²) in [6.45, 7) is 1.34. The first-order valence-corrected chi connectivity index (χ1v) is 8.36. The number of likely N-dealkylation sites (tertiary alicyclic amines) is 1. The molecule has 0 spiro atoms. The smallest absolute Gasteiger partial charge is 0.255 e. The molecule has 3 aromatic heterocycles. The highest BCUT2D eigenvalue weighted by Gasteiger charge is 2.25. The number of hydrogen-bond acceptors (Lipinski definition) is 5. The molecule has 4 rings (SSSR count). The molecule has 0 bridgehead atoms. The van der Waals surface area contributed by atoms with Crippen molar-refractivity contribution in [1.82, 2.24) is 19.9 Å². The van der Waals surface area contributed by atoms with Crippen LogP contribution < -0.4 is 0 Å². The van der Waals surface area contributed by atoms with Crippen LogP contribution in [0.4, 0.5) is 0 Å². The van der Waals surface area contributed by atoms with Crippen LogP contribution in [0.2, 0.25) is 0 Å². The topological polar surface area (TPSA) is 79.2 Å². The van der Waals surface area contributed by atoms with Gasteiger partial charge < -0.3 is 10.0 Å². The van der Waals surface area contributed by atoms with Crippen LogP contribution in [0.15, 0.2) is 48.9 Å². The van der Waals surface area contributed by atoms with E-state index in [4.69, 9.17) is 0 Å². The molecule has 1 saturated heterocycles. The van der Waals surface area contributed by atoms with E-state index in [9.17, 15) is 9.90 Å². The molecular formula is C19H18N4O2. The third-order valence-electron chi connectivity index (χ3n) is 4.66. The van der Waals surface area contributed by atoms with Crippen LogP contribution in [-0.4, -0.2) is 44.0 Å². The maximum atomic E-state index is 12.5. The van der Waals surface area contributed by atoms with Gasteiger partial charge in [-0.15, -0.1) is 0 Å². The number of aromatic hydroxyl groups is 1. The van der Waals surface area contributed by atoms with Crippen molar-refractivity contribution in [3.05, 3.63) is 60.2 Å².